The van der Waals surface area contributed by atoms with E-state index >= 15 is 0 Å². The van der Waals surface area contributed by atoms with Crippen molar-refractivity contribution in [2.24, 2.45) is 5.73 Å². The number of halogens is 1. The minimum absolute atomic E-state index is 1.05. The summed E-state index contributed by atoms with van der Waals surface area (Å²) < 4.78 is 1.46. The maximum atomic E-state index is 5.49. The molecule has 0 aliphatic rings. The molecule has 0 saturated carbocycles. The van der Waals surface area contributed by atoms with Crippen molar-refractivity contribution in [2.75, 3.05) is 7.05 Å². The number of nitrogens with two attached hydrogens (primary N) is 1. The molecule has 2 nitrogen and oxygen atoms in total. The fourth-order valence-electron chi connectivity index (χ4n) is 0.261. The normalized spacial score (nSPS) is 12.5. The summed E-state index contributed by atoms with van der Waals surface area (Å²) in [6, 6.07) is 0. The van der Waals surface area contributed by atoms with Gasteiger partial charge in [-0.15, -0.1) is 0 Å². The lowest BCUT2D eigenvalue weighted by atomic mass is 10.7. The van der Waals surface area contributed by atoms with Gasteiger partial charge in [0.1, 0.15) is 0 Å². The second-order valence-corrected chi connectivity index (χ2v) is 3.39. The molecule has 0 atom stereocenters. The summed E-state index contributed by atoms with van der Waals surface area (Å²) in [6.07, 6.45) is 3.31. The third-order valence-corrected chi connectivity index (χ3v) is 1.63. The van der Waals surface area contributed by atoms with Crippen LogP contribution >= 0.6 is 23.5 Å². The highest BCUT2D eigenvalue weighted by Gasteiger charge is 1.83. The SMILES string of the molecule is C/C(=C\N)S/C=C\N(C)Cl. The Labute approximate surface area is 70.8 Å². The number of allylic oxidation sites excluding steroid dienone is 1. The van der Waals surface area contributed by atoms with E-state index in [1.807, 2.05) is 12.3 Å². The average Bonchev–Trinajstić information content (AvgIpc) is 1.87. The highest BCUT2D eigenvalue weighted by Crippen LogP contribution is 2.14. The van der Waals surface area contributed by atoms with Gasteiger partial charge in [-0.05, 0) is 12.3 Å². The van der Waals surface area contributed by atoms with Crippen LogP contribution in [0.5, 0.6) is 0 Å². The Balaban J connectivity index is 3.54. The van der Waals surface area contributed by atoms with Gasteiger partial charge in [-0.3, -0.25) is 4.42 Å². The van der Waals surface area contributed by atoms with Gasteiger partial charge in [0.2, 0.25) is 0 Å². The summed E-state index contributed by atoms with van der Waals surface area (Å²) in [5.74, 6) is 0. The zero-order valence-corrected chi connectivity index (χ0v) is 7.62. The van der Waals surface area contributed by atoms with Gasteiger partial charge in [0, 0.05) is 36.1 Å². The molecule has 0 rings (SSSR count). The topological polar surface area (TPSA) is 29.3 Å². The molecule has 0 radical (unpaired) electrons. The molecule has 2 N–H and O–H groups in total. The summed E-state index contributed by atoms with van der Waals surface area (Å²) in [5, 5.41) is 1.87. The van der Waals surface area contributed by atoms with E-state index < -0.39 is 0 Å². The van der Waals surface area contributed by atoms with Crippen molar-refractivity contribution in [2.45, 2.75) is 6.92 Å². The van der Waals surface area contributed by atoms with Crippen LogP contribution in [0.25, 0.3) is 0 Å². The van der Waals surface area contributed by atoms with E-state index in [2.05, 4.69) is 0 Å². The van der Waals surface area contributed by atoms with Crippen molar-refractivity contribution < 1.29 is 0 Å². The number of hydrogen-bond acceptors (Lipinski definition) is 3. The average molecular weight is 179 g/mol. The monoisotopic (exact) mass is 178 g/mol. The van der Waals surface area contributed by atoms with E-state index in [0.717, 1.165) is 4.91 Å². The first-order valence-corrected chi connectivity index (χ1v) is 3.99. The highest BCUT2D eigenvalue weighted by atomic mass is 35.5. The molecule has 0 heterocycles. The molecule has 0 fully saturated rings. The molecular formula is C6H11ClN2S. The zero-order chi connectivity index (χ0) is 7.98. The molecule has 0 aromatic heterocycles. The maximum absolute atomic E-state index is 5.49. The quantitative estimate of drug-likeness (QED) is 0.672. The van der Waals surface area contributed by atoms with Crippen LogP contribution in [0.1, 0.15) is 6.92 Å². The van der Waals surface area contributed by atoms with E-state index in [1.54, 1.807) is 19.4 Å². The number of nitrogens with zero attached hydrogens (tertiary/aromatic N) is 1. The Morgan fingerprint density at radius 1 is 1.70 bits per heavy atom. The van der Waals surface area contributed by atoms with Crippen LogP contribution in [0.2, 0.25) is 0 Å². The van der Waals surface area contributed by atoms with Crippen molar-refractivity contribution in [1.29, 1.82) is 0 Å². The smallest absolute Gasteiger partial charge is 0.0230 e. The summed E-state index contributed by atoms with van der Waals surface area (Å²) in [6.45, 7) is 1.93. The summed E-state index contributed by atoms with van der Waals surface area (Å²) in [5.41, 5.74) is 5.23. The second kappa shape index (κ2) is 5.50. The molecule has 0 amide bonds. The Bertz CT molecular complexity index is 143. The Morgan fingerprint density at radius 3 is 2.70 bits per heavy atom. The Kier molecular flexibility index (Phi) is 5.35. The number of hydrogen-bond donors (Lipinski definition) is 1. The van der Waals surface area contributed by atoms with Crippen LogP contribution in [-0.4, -0.2) is 11.5 Å². The van der Waals surface area contributed by atoms with Crippen LogP contribution in [0.4, 0.5) is 0 Å². The van der Waals surface area contributed by atoms with Crippen molar-refractivity contribution >= 4 is 23.5 Å². The van der Waals surface area contributed by atoms with E-state index in [1.165, 1.54) is 16.2 Å². The van der Waals surface area contributed by atoms with Gasteiger partial charge >= 0.3 is 0 Å². The fraction of sp³-hybridized carbons (Fsp3) is 0.333. The van der Waals surface area contributed by atoms with Crippen LogP contribution in [0, 0.1) is 0 Å². The van der Waals surface area contributed by atoms with Crippen LogP contribution in [-0.2, 0) is 0 Å². The van der Waals surface area contributed by atoms with Gasteiger partial charge < -0.3 is 5.73 Å². The molecule has 0 bridgehead atoms. The Hall–Kier alpha value is -0.280. The maximum Gasteiger partial charge on any atom is 0.0230 e. The number of thioether (sulfide) groups is 1. The highest BCUT2D eigenvalue weighted by molar-refractivity contribution is 8.05. The minimum Gasteiger partial charge on any atom is -0.404 e. The molecule has 0 spiro atoms. The molecule has 4 heteroatoms. The van der Waals surface area contributed by atoms with E-state index in [0.29, 0.717) is 0 Å². The molecule has 0 aliphatic heterocycles. The first-order chi connectivity index (χ1) is 4.66. The van der Waals surface area contributed by atoms with Crippen LogP contribution in [0.15, 0.2) is 22.7 Å². The van der Waals surface area contributed by atoms with Crippen LogP contribution < -0.4 is 5.73 Å². The molecule has 0 aromatic rings. The lowest BCUT2D eigenvalue weighted by Crippen LogP contribution is -1.89. The van der Waals surface area contributed by atoms with Gasteiger partial charge in [0.25, 0.3) is 0 Å². The van der Waals surface area contributed by atoms with Crippen LogP contribution in [0.3, 0.4) is 0 Å². The van der Waals surface area contributed by atoms with Gasteiger partial charge in [-0.2, -0.15) is 0 Å². The fourth-order valence-corrected chi connectivity index (χ4v) is 0.921. The van der Waals surface area contributed by atoms with Crippen molar-refractivity contribution in [1.82, 2.24) is 4.42 Å². The van der Waals surface area contributed by atoms with E-state index in [4.69, 9.17) is 17.5 Å². The van der Waals surface area contributed by atoms with Crippen molar-refractivity contribution in [3.8, 4) is 0 Å². The molecule has 58 valence electrons. The van der Waals surface area contributed by atoms with E-state index in [9.17, 15) is 0 Å². The van der Waals surface area contributed by atoms with E-state index in [-0.39, 0.29) is 0 Å². The van der Waals surface area contributed by atoms with Crippen molar-refractivity contribution in [3.05, 3.63) is 22.7 Å². The molecule has 0 aliphatic carbocycles. The third kappa shape index (κ3) is 5.85. The van der Waals surface area contributed by atoms with Gasteiger partial charge in [-0.25, -0.2) is 0 Å². The standard InChI is InChI=1S/C6H11ClN2S/c1-6(5-8)10-4-3-9(2)7/h3-5H,8H2,1-2H3/b4-3-,6-5+. The zero-order valence-electron chi connectivity index (χ0n) is 6.04. The first kappa shape index (κ1) is 9.72. The largest absolute Gasteiger partial charge is 0.404 e. The lowest BCUT2D eigenvalue weighted by Gasteiger charge is -1.98. The minimum atomic E-state index is 1.05. The molecule has 0 aromatic carbocycles. The summed E-state index contributed by atoms with van der Waals surface area (Å²) >= 11 is 7.02. The predicted octanol–water partition coefficient (Wildman–Crippen LogP) is 2.10. The second-order valence-electron chi connectivity index (χ2n) is 1.71. The van der Waals surface area contributed by atoms with Gasteiger partial charge in [0.15, 0.2) is 0 Å². The summed E-state index contributed by atoms with van der Waals surface area (Å²) in [4.78, 5) is 1.05. The molecule has 0 unspecified atom stereocenters. The first-order valence-electron chi connectivity index (χ1n) is 2.77. The van der Waals surface area contributed by atoms with Gasteiger partial charge in [-0.1, -0.05) is 11.8 Å². The third-order valence-electron chi connectivity index (χ3n) is 0.755. The molecular weight excluding hydrogens is 168 g/mol. The Morgan fingerprint density at radius 2 is 2.30 bits per heavy atom. The number of rotatable bonds is 3. The summed E-state index contributed by atoms with van der Waals surface area (Å²) in [7, 11) is 1.75. The lowest BCUT2D eigenvalue weighted by molar-refractivity contribution is 0.754. The van der Waals surface area contributed by atoms with Gasteiger partial charge in [0.05, 0.1) is 0 Å². The predicted molar refractivity (Wildman–Crippen MR) is 48.3 cm³/mol. The molecule has 0 saturated heterocycles. The molecule has 10 heavy (non-hydrogen) atoms. The van der Waals surface area contributed by atoms with Crippen molar-refractivity contribution in [3.63, 3.8) is 0 Å².